The summed E-state index contributed by atoms with van der Waals surface area (Å²) in [5, 5.41) is 0.515. The van der Waals surface area contributed by atoms with E-state index in [9.17, 15) is 9.59 Å². The minimum Gasteiger partial charge on any atom is -0.473 e. The van der Waals surface area contributed by atoms with Gasteiger partial charge in [0.15, 0.2) is 6.29 Å². The molecule has 0 amide bonds. The van der Waals surface area contributed by atoms with Crippen LogP contribution in [0.5, 0.6) is 5.75 Å². The molecule has 0 saturated heterocycles. The first-order chi connectivity index (χ1) is 12.2. The predicted octanol–water partition coefficient (Wildman–Crippen LogP) is 5.51. The molecule has 0 bridgehead atoms. The van der Waals surface area contributed by atoms with E-state index in [1.54, 1.807) is 30.3 Å². The van der Waals surface area contributed by atoms with Crippen LogP contribution in [0.3, 0.4) is 0 Å². The van der Waals surface area contributed by atoms with Gasteiger partial charge < -0.3 is 9.47 Å². The molecule has 0 radical (unpaired) electrons. The summed E-state index contributed by atoms with van der Waals surface area (Å²) in [7, 11) is 1.29. The Balaban J connectivity index is 2.50. The van der Waals surface area contributed by atoms with Gasteiger partial charge >= 0.3 is 5.97 Å². The molecule has 6 heteroatoms. The number of esters is 1. The van der Waals surface area contributed by atoms with Gasteiger partial charge in [-0.3, -0.25) is 4.79 Å². The number of hydrogen-bond acceptors (Lipinski definition) is 4. The van der Waals surface area contributed by atoms with E-state index in [-0.39, 0.29) is 5.41 Å². The summed E-state index contributed by atoms with van der Waals surface area (Å²) in [5.74, 6) is -0.244. The molecule has 2 rings (SSSR count). The molecule has 26 heavy (non-hydrogen) atoms. The van der Waals surface area contributed by atoms with Crippen LogP contribution in [0.4, 0.5) is 0 Å². The van der Waals surface area contributed by atoms with Crippen LogP contribution < -0.4 is 4.74 Å². The molecule has 0 aromatic heterocycles. The molecule has 0 saturated carbocycles. The van der Waals surface area contributed by atoms with Crippen molar-refractivity contribution in [2.45, 2.75) is 32.3 Å². The molecule has 4 nitrogen and oxygen atoms in total. The van der Waals surface area contributed by atoms with E-state index in [0.29, 0.717) is 32.7 Å². The van der Waals surface area contributed by atoms with Crippen molar-refractivity contribution < 1.29 is 19.1 Å². The van der Waals surface area contributed by atoms with Gasteiger partial charge in [0.1, 0.15) is 5.75 Å². The van der Waals surface area contributed by atoms with Crippen molar-refractivity contribution >= 4 is 39.8 Å². The number of ether oxygens (including phenoxy) is 2. The zero-order chi connectivity index (χ0) is 19.5. The summed E-state index contributed by atoms with van der Waals surface area (Å²) < 4.78 is 11.4. The molecule has 1 atom stereocenters. The third-order valence-electron chi connectivity index (χ3n) is 3.91. The lowest BCUT2D eigenvalue weighted by atomic mass is 9.86. The SMILES string of the molecule is COC(=O)C(Oc1cc(C(C)(C)C)ccc1C=O)c1ccc(Cl)c(Br)c1. The van der Waals surface area contributed by atoms with Crippen LogP contribution in [0.25, 0.3) is 0 Å². The molecule has 1 unspecified atom stereocenters. The van der Waals surface area contributed by atoms with Crippen LogP contribution in [0.1, 0.15) is 48.4 Å². The van der Waals surface area contributed by atoms with E-state index in [4.69, 9.17) is 21.1 Å². The second kappa shape index (κ2) is 8.23. The van der Waals surface area contributed by atoms with E-state index in [1.165, 1.54) is 7.11 Å². The fourth-order valence-electron chi connectivity index (χ4n) is 2.36. The summed E-state index contributed by atoms with van der Waals surface area (Å²) in [4.78, 5) is 23.7. The maximum absolute atomic E-state index is 12.3. The molecule has 0 aliphatic rings. The molecular formula is C20H20BrClO4. The average molecular weight is 440 g/mol. The monoisotopic (exact) mass is 438 g/mol. The summed E-state index contributed by atoms with van der Waals surface area (Å²) in [6.07, 6.45) is -0.323. The van der Waals surface area contributed by atoms with Gasteiger partial charge in [-0.05, 0) is 51.2 Å². The predicted molar refractivity (Wildman–Crippen MR) is 105 cm³/mol. The third kappa shape index (κ3) is 4.65. The zero-order valence-electron chi connectivity index (χ0n) is 15.0. The van der Waals surface area contributed by atoms with E-state index in [1.807, 2.05) is 6.07 Å². The minimum absolute atomic E-state index is 0.135. The molecule has 0 aliphatic heterocycles. The quantitative estimate of drug-likeness (QED) is 0.455. The first kappa shape index (κ1) is 20.5. The highest BCUT2D eigenvalue weighted by Crippen LogP contribution is 2.33. The Morgan fingerprint density at radius 3 is 2.42 bits per heavy atom. The van der Waals surface area contributed by atoms with Gasteiger partial charge in [-0.2, -0.15) is 0 Å². The standard InChI is InChI=1S/C20H20BrClO4/c1-20(2,3)14-7-5-13(11-23)17(10-14)26-18(19(24)25-4)12-6-8-16(22)15(21)9-12/h5-11,18H,1-4H3. The summed E-state index contributed by atoms with van der Waals surface area (Å²) >= 11 is 9.37. The van der Waals surface area contributed by atoms with E-state index >= 15 is 0 Å². The first-order valence-electron chi connectivity index (χ1n) is 7.96. The number of hydrogen-bond donors (Lipinski definition) is 0. The van der Waals surface area contributed by atoms with E-state index in [2.05, 4.69) is 36.7 Å². The van der Waals surface area contributed by atoms with Gasteiger partial charge in [0.05, 0.1) is 17.7 Å². The second-order valence-electron chi connectivity index (χ2n) is 6.82. The topological polar surface area (TPSA) is 52.6 Å². The van der Waals surface area contributed by atoms with Crippen LogP contribution >= 0.6 is 27.5 Å². The smallest absolute Gasteiger partial charge is 0.351 e. The number of carbonyl (C=O) groups excluding carboxylic acids is 2. The van der Waals surface area contributed by atoms with Gasteiger partial charge in [-0.15, -0.1) is 0 Å². The Labute approximate surface area is 166 Å². The van der Waals surface area contributed by atoms with Gasteiger partial charge in [0.25, 0.3) is 0 Å². The number of benzene rings is 2. The fourth-order valence-corrected chi connectivity index (χ4v) is 2.88. The van der Waals surface area contributed by atoms with Crippen LogP contribution in [0.15, 0.2) is 40.9 Å². The van der Waals surface area contributed by atoms with Crippen molar-refractivity contribution in [1.29, 1.82) is 0 Å². The normalized spacial score (nSPS) is 12.4. The molecule has 0 aliphatic carbocycles. The van der Waals surface area contributed by atoms with Crippen molar-refractivity contribution in [3.8, 4) is 5.75 Å². The highest BCUT2D eigenvalue weighted by atomic mass is 79.9. The molecule has 0 fully saturated rings. The second-order valence-corrected chi connectivity index (χ2v) is 8.08. The van der Waals surface area contributed by atoms with Crippen LogP contribution in [0.2, 0.25) is 5.02 Å². The number of methoxy groups -OCH3 is 1. The maximum atomic E-state index is 12.3. The number of aldehydes is 1. The Kier molecular flexibility index (Phi) is 6.48. The Hall–Kier alpha value is -1.85. The summed E-state index contributed by atoms with van der Waals surface area (Å²) in [5.41, 5.74) is 1.77. The van der Waals surface area contributed by atoms with E-state index in [0.717, 1.165) is 5.56 Å². The minimum atomic E-state index is -1.03. The molecule has 0 N–H and O–H groups in total. The molecule has 0 spiro atoms. The zero-order valence-corrected chi connectivity index (χ0v) is 17.3. The lowest BCUT2D eigenvalue weighted by molar-refractivity contribution is -0.149. The highest BCUT2D eigenvalue weighted by molar-refractivity contribution is 9.10. The number of carbonyl (C=O) groups is 2. The summed E-state index contributed by atoms with van der Waals surface area (Å²) in [6.45, 7) is 6.17. The Morgan fingerprint density at radius 1 is 1.19 bits per heavy atom. The molecular weight excluding hydrogens is 420 g/mol. The summed E-state index contributed by atoms with van der Waals surface area (Å²) in [6, 6.07) is 10.4. The first-order valence-corrected chi connectivity index (χ1v) is 9.13. The van der Waals surface area contributed by atoms with Crippen molar-refractivity contribution in [3.63, 3.8) is 0 Å². The lowest BCUT2D eigenvalue weighted by Crippen LogP contribution is -2.21. The largest absolute Gasteiger partial charge is 0.473 e. The molecule has 138 valence electrons. The Bertz CT molecular complexity index is 827. The van der Waals surface area contributed by atoms with Gasteiger partial charge in [0.2, 0.25) is 6.10 Å². The van der Waals surface area contributed by atoms with Crippen molar-refractivity contribution in [2.75, 3.05) is 7.11 Å². The molecule has 2 aromatic carbocycles. The van der Waals surface area contributed by atoms with Crippen LogP contribution in [-0.4, -0.2) is 19.4 Å². The number of rotatable bonds is 5. The van der Waals surface area contributed by atoms with Crippen molar-refractivity contribution in [1.82, 2.24) is 0 Å². The lowest BCUT2D eigenvalue weighted by Gasteiger charge is -2.23. The maximum Gasteiger partial charge on any atom is 0.351 e. The van der Waals surface area contributed by atoms with Crippen LogP contribution in [0, 0.1) is 0 Å². The highest BCUT2D eigenvalue weighted by Gasteiger charge is 2.26. The van der Waals surface area contributed by atoms with Gasteiger partial charge in [-0.1, -0.05) is 44.5 Å². The molecule has 2 aromatic rings. The van der Waals surface area contributed by atoms with Crippen molar-refractivity contribution in [2.24, 2.45) is 0 Å². The average Bonchev–Trinajstić information content (AvgIpc) is 2.60. The third-order valence-corrected chi connectivity index (χ3v) is 5.13. The number of halogens is 2. The van der Waals surface area contributed by atoms with Gasteiger partial charge in [0, 0.05) is 10.0 Å². The van der Waals surface area contributed by atoms with Crippen molar-refractivity contribution in [3.05, 3.63) is 62.6 Å². The van der Waals surface area contributed by atoms with Gasteiger partial charge in [-0.25, -0.2) is 4.79 Å². The molecule has 0 heterocycles. The fraction of sp³-hybridized carbons (Fsp3) is 0.300. The van der Waals surface area contributed by atoms with E-state index < -0.39 is 12.1 Å². The Morgan fingerprint density at radius 2 is 1.88 bits per heavy atom. The van der Waals surface area contributed by atoms with Crippen LogP contribution in [-0.2, 0) is 14.9 Å².